The molecule has 0 N–H and O–H groups in total. The number of rotatable bonds is 4. The maximum Gasteiger partial charge on any atom is 0.494 e. The van der Waals surface area contributed by atoms with Gasteiger partial charge < -0.3 is 18.8 Å². The van der Waals surface area contributed by atoms with Gasteiger partial charge in [0.15, 0.2) is 11.5 Å². The fourth-order valence-electron chi connectivity index (χ4n) is 2.70. The molecule has 3 rings (SSSR count). The van der Waals surface area contributed by atoms with Gasteiger partial charge in [0.05, 0.1) is 18.3 Å². The highest BCUT2D eigenvalue weighted by Gasteiger charge is 2.51. The Kier molecular flexibility index (Phi) is 4.56. The van der Waals surface area contributed by atoms with E-state index in [1.165, 1.54) is 0 Å². The van der Waals surface area contributed by atoms with Gasteiger partial charge in [-0.2, -0.15) is 0 Å². The fourth-order valence-corrected chi connectivity index (χ4v) is 2.70. The molecule has 0 atom stereocenters. The predicted molar refractivity (Wildman–Crippen MR) is 100.0 cm³/mol. The van der Waals surface area contributed by atoms with E-state index in [1.54, 1.807) is 7.11 Å². The summed E-state index contributed by atoms with van der Waals surface area (Å²) in [7, 11) is 1.21. The Morgan fingerprint density at radius 2 is 1.56 bits per heavy atom. The SMILES string of the molecule is COc1cc(B2OC(C)(C)C(C)(C)O2)ccc1Oc1cccc(C)c1. The smallest absolute Gasteiger partial charge is 0.493 e. The van der Waals surface area contributed by atoms with Crippen molar-refractivity contribution >= 4 is 12.6 Å². The van der Waals surface area contributed by atoms with Crippen LogP contribution in [-0.4, -0.2) is 25.4 Å². The molecule has 0 amide bonds. The van der Waals surface area contributed by atoms with Crippen LogP contribution in [-0.2, 0) is 9.31 Å². The standard InChI is InChI=1S/C20H25BO4/c1-14-8-7-9-16(12-14)23-17-11-10-15(13-18(17)22-6)21-24-19(2,3)20(4,5)25-21/h7-13H,1-6H3. The quantitative estimate of drug-likeness (QED) is 0.786. The maximum atomic E-state index is 6.10. The summed E-state index contributed by atoms with van der Waals surface area (Å²) in [5.41, 5.74) is 1.31. The summed E-state index contributed by atoms with van der Waals surface area (Å²) in [5.74, 6) is 2.09. The van der Waals surface area contributed by atoms with Crippen molar-refractivity contribution in [2.24, 2.45) is 0 Å². The zero-order chi connectivity index (χ0) is 18.2. The molecule has 0 aromatic heterocycles. The Hall–Kier alpha value is -1.98. The first-order valence-corrected chi connectivity index (χ1v) is 8.50. The molecule has 1 aliphatic rings. The molecule has 132 valence electrons. The molecule has 1 aliphatic heterocycles. The third kappa shape index (κ3) is 3.53. The summed E-state index contributed by atoms with van der Waals surface area (Å²) in [6.45, 7) is 10.2. The van der Waals surface area contributed by atoms with Crippen LogP contribution in [0.15, 0.2) is 42.5 Å². The van der Waals surface area contributed by atoms with Gasteiger partial charge in [0.2, 0.25) is 0 Å². The minimum atomic E-state index is -0.424. The van der Waals surface area contributed by atoms with E-state index in [0.29, 0.717) is 11.5 Å². The molecule has 5 heteroatoms. The molecular formula is C20H25BO4. The van der Waals surface area contributed by atoms with E-state index in [1.807, 2.05) is 77.1 Å². The van der Waals surface area contributed by atoms with E-state index in [2.05, 4.69) is 0 Å². The van der Waals surface area contributed by atoms with Crippen molar-refractivity contribution in [1.82, 2.24) is 0 Å². The highest BCUT2D eigenvalue weighted by molar-refractivity contribution is 6.62. The zero-order valence-corrected chi connectivity index (χ0v) is 15.8. The van der Waals surface area contributed by atoms with Crippen molar-refractivity contribution in [2.75, 3.05) is 7.11 Å². The lowest BCUT2D eigenvalue weighted by atomic mass is 9.79. The van der Waals surface area contributed by atoms with Gasteiger partial charge >= 0.3 is 7.12 Å². The predicted octanol–water partition coefficient (Wildman–Crippen LogP) is 4.10. The average molecular weight is 340 g/mol. The van der Waals surface area contributed by atoms with E-state index < -0.39 is 7.12 Å². The number of methoxy groups -OCH3 is 1. The minimum Gasteiger partial charge on any atom is -0.493 e. The van der Waals surface area contributed by atoms with Gasteiger partial charge in [0.25, 0.3) is 0 Å². The Labute approximate surface area is 150 Å². The van der Waals surface area contributed by atoms with Crippen molar-refractivity contribution in [2.45, 2.75) is 45.8 Å². The normalized spacial score (nSPS) is 18.2. The van der Waals surface area contributed by atoms with Gasteiger partial charge in [0.1, 0.15) is 5.75 Å². The molecule has 0 bridgehead atoms. The van der Waals surface area contributed by atoms with Gasteiger partial charge in [-0.15, -0.1) is 0 Å². The van der Waals surface area contributed by atoms with Crippen molar-refractivity contribution in [1.29, 1.82) is 0 Å². The monoisotopic (exact) mass is 340 g/mol. The lowest BCUT2D eigenvalue weighted by molar-refractivity contribution is 0.00578. The lowest BCUT2D eigenvalue weighted by Crippen LogP contribution is -2.41. The third-order valence-corrected chi connectivity index (χ3v) is 4.93. The number of aryl methyl sites for hydroxylation is 1. The lowest BCUT2D eigenvalue weighted by Gasteiger charge is -2.32. The van der Waals surface area contributed by atoms with E-state index in [0.717, 1.165) is 16.8 Å². The molecule has 1 heterocycles. The first-order valence-electron chi connectivity index (χ1n) is 8.50. The Bertz CT molecular complexity index is 754. The molecule has 0 saturated carbocycles. The Balaban J connectivity index is 1.85. The second-order valence-electron chi connectivity index (χ2n) is 7.42. The zero-order valence-electron chi connectivity index (χ0n) is 15.8. The van der Waals surface area contributed by atoms with Crippen molar-refractivity contribution in [3.05, 3.63) is 48.0 Å². The molecule has 0 spiro atoms. The molecular weight excluding hydrogens is 315 g/mol. The first-order chi connectivity index (χ1) is 11.7. The summed E-state index contributed by atoms with van der Waals surface area (Å²) in [6, 6.07) is 13.7. The van der Waals surface area contributed by atoms with Crippen molar-refractivity contribution in [3.8, 4) is 17.2 Å². The van der Waals surface area contributed by atoms with Crippen LogP contribution in [0.2, 0.25) is 0 Å². The van der Waals surface area contributed by atoms with Gasteiger partial charge in [0, 0.05) is 0 Å². The summed E-state index contributed by atoms with van der Waals surface area (Å²) >= 11 is 0. The number of hydrogen-bond donors (Lipinski definition) is 0. The molecule has 1 fully saturated rings. The Morgan fingerprint density at radius 3 is 2.16 bits per heavy atom. The van der Waals surface area contributed by atoms with Crippen LogP contribution in [0, 0.1) is 6.92 Å². The van der Waals surface area contributed by atoms with Crippen LogP contribution in [0.3, 0.4) is 0 Å². The van der Waals surface area contributed by atoms with Crippen LogP contribution in [0.25, 0.3) is 0 Å². The molecule has 4 nitrogen and oxygen atoms in total. The topological polar surface area (TPSA) is 36.9 Å². The van der Waals surface area contributed by atoms with Gasteiger partial charge in [-0.25, -0.2) is 0 Å². The van der Waals surface area contributed by atoms with Crippen molar-refractivity contribution in [3.63, 3.8) is 0 Å². The molecule has 25 heavy (non-hydrogen) atoms. The third-order valence-electron chi connectivity index (χ3n) is 4.93. The highest BCUT2D eigenvalue weighted by atomic mass is 16.7. The molecule has 0 unspecified atom stereocenters. The van der Waals surface area contributed by atoms with Gasteiger partial charge in [-0.3, -0.25) is 0 Å². The maximum absolute atomic E-state index is 6.10. The molecule has 1 saturated heterocycles. The van der Waals surface area contributed by atoms with Crippen molar-refractivity contribution < 1.29 is 18.8 Å². The van der Waals surface area contributed by atoms with Crippen LogP contribution >= 0.6 is 0 Å². The van der Waals surface area contributed by atoms with Crippen LogP contribution in [0.4, 0.5) is 0 Å². The van der Waals surface area contributed by atoms with E-state index in [4.69, 9.17) is 18.8 Å². The Morgan fingerprint density at radius 1 is 0.880 bits per heavy atom. The highest BCUT2D eigenvalue weighted by Crippen LogP contribution is 2.37. The van der Waals surface area contributed by atoms with E-state index in [-0.39, 0.29) is 11.2 Å². The van der Waals surface area contributed by atoms with Crippen LogP contribution in [0.5, 0.6) is 17.2 Å². The molecule has 2 aromatic carbocycles. The average Bonchev–Trinajstić information content (AvgIpc) is 2.76. The van der Waals surface area contributed by atoms with Crippen LogP contribution < -0.4 is 14.9 Å². The van der Waals surface area contributed by atoms with E-state index in [9.17, 15) is 0 Å². The number of hydrogen-bond acceptors (Lipinski definition) is 4. The summed E-state index contributed by atoms with van der Waals surface area (Å²) in [6.07, 6.45) is 0. The molecule has 0 aliphatic carbocycles. The summed E-state index contributed by atoms with van der Waals surface area (Å²) in [4.78, 5) is 0. The molecule has 2 aromatic rings. The summed E-state index contributed by atoms with van der Waals surface area (Å²) < 4.78 is 23.7. The second kappa shape index (κ2) is 6.39. The second-order valence-corrected chi connectivity index (χ2v) is 7.42. The summed E-state index contributed by atoms with van der Waals surface area (Å²) in [5, 5.41) is 0. The molecule has 0 radical (unpaired) electrons. The number of benzene rings is 2. The number of ether oxygens (including phenoxy) is 2. The minimum absolute atomic E-state index is 0.373. The largest absolute Gasteiger partial charge is 0.494 e. The van der Waals surface area contributed by atoms with Gasteiger partial charge in [-0.05, 0) is 69.9 Å². The first kappa shape index (κ1) is 17.8. The van der Waals surface area contributed by atoms with Gasteiger partial charge in [-0.1, -0.05) is 18.2 Å². The fraction of sp³-hybridized carbons (Fsp3) is 0.400. The van der Waals surface area contributed by atoms with Crippen LogP contribution in [0.1, 0.15) is 33.3 Å². The van der Waals surface area contributed by atoms with E-state index >= 15 is 0 Å².